The number of para-hydroxylation sites is 1. The molecule has 0 atom stereocenters. The van der Waals surface area contributed by atoms with E-state index in [0.29, 0.717) is 19.7 Å². The topological polar surface area (TPSA) is 50.8 Å². The number of hydrogen-bond acceptors (Lipinski definition) is 4. The molecule has 5 heteroatoms. The van der Waals surface area contributed by atoms with Crippen molar-refractivity contribution >= 4 is 11.6 Å². The van der Waals surface area contributed by atoms with Crippen molar-refractivity contribution in [3.8, 4) is 11.5 Å². The number of hydrogen-bond donors (Lipinski definition) is 1. The number of amides is 1. The monoisotopic (exact) mass is 328 g/mol. The number of ether oxygens (including phenoxy) is 2. The number of likely N-dealkylation sites (N-methyl/N-ethyl adjacent to an activating group) is 1. The molecule has 2 aromatic carbocycles. The first-order valence-corrected chi connectivity index (χ1v) is 7.89. The summed E-state index contributed by atoms with van der Waals surface area (Å²) in [5.74, 6) is 1.55. The summed E-state index contributed by atoms with van der Waals surface area (Å²) in [5, 5.41) is 2.93. The van der Waals surface area contributed by atoms with Crippen molar-refractivity contribution in [3.05, 3.63) is 54.1 Å². The van der Waals surface area contributed by atoms with Crippen LogP contribution in [0.25, 0.3) is 0 Å². The maximum absolute atomic E-state index is 12.1. The van der Waals surface area contributed by atoms with Gasteiger partial charge in [0.15, 0.2) is 0 Å². The molecule has 0 aromatic heterocycles. The molecule has 0 aliphatic heterocycles. The summed E-state index contributed by atoms with van der Waals surface area (Å²) < 4.78 is 10.8. The van der Waals surface area contributed by atoms with Crippen molar-refractivity contribution < 1.29 is 14.3 Å². The Balaban J connectivity index is 1.71. The zero-order chi connectivity index (χ0) is 17.4. The highest BCUT2D eigenvalue weighted by Crippen LogP contribution is 2.17. The van der Waals surface area contributed by atoms with Gasteiger partial charge in [0.2, 0.25) is 5.91 Å². The number of carbonyl (C=O) groups excluding carboxylic acids is 1. The number of benzene rings is 2. The van der Waals surface area contributed by atoms with Crippen LogP contribution in [0.4, 0.5) is 5.69 Å². The largest absolute Gasteiger partial charge is 0.497 e. The van der Waals surface area contributed by atoms with Crippen LogP contribution in [0.3, 0.4) is 0 Å². The molecule has 1 amide bonds. The minimum atomic E-state index is -0.0313. The van der Waals surface area contributed by atoms with Crippen molar-refractivity contribution in [2.45, 2.75) is 6.92 Å². The maximum atomic E-state index is 12.1. The maximum Gasteiger partial charge on any atom is 0.238 e. The molecule has 0 fully saturated rings. The minimum absolute atomic E-state index is 0.0313. The molecule has 1 N–H and O–H groups in total. The van der Waals surface area contributed by atoms with Gasteiger partial charge in [-0.1, -0.05) is 18.2 Å². The van der Waals surface area contributed by atoms with E-state index in [4.69, 9.17) is 9.47 Å². The first kappa shape index (κ1) is 17.8. The fraction of sp³-hybridized carbons (Fsp3) is 0.316. The van der Waals surface area contributed by atoms with Crippen LogP contribution < -0.4 is 14.8 Å². The summed E-state index contributed by atoms with van der Waals surface area (Å²) in [7, 11) is 3.53. The van der Waals surface area contributed by atoms with Gasteiger partial charge < -0.3 is 14.8 Å². The third kappa shape index (κ3) is 5.59. The SMILES string of the molecule is COc1ccc(OCCN(C)CC(=O)Nc2ccccc2C)cc1. The van der Waals surface area contributed by atoms with E-state index in [9.17, 15) is 4.79 Å². The van der Waals surface area contributed by atoms with Gasteiger partial charge >= 0.3 is 0 Å². The molecule has 128 valence electrons. The van der Waals surface area contributed by atoms with Gasteiger partial charge in [-0.25, -0.2) is 0 Å². The van der Waals surface area contributed by atoms with Gasteiger partial charge in [0.25, 0.3) is 0 Å². The predicted molar refractivity (Wildman–Crippen MR) is 95.8 cm³/mol. The lowest BCUT2D eigenvalue weighted by Gasteiger charge is -2.17. The molecule has 0 saturated heterocycles. The van der Waals surface area contributed by atoms with Crippen LogP contribution in [0, 0.1) is 6.92 Å². The van der Waals surface area contributed by atoms with Gasteiger partial charge in [0.05, 0.1) is 13.7 Å². The summed E-state index contributed by atoms with van der Waals surface area (Å²) in [4.78, 5) is 14.0. The number of aryl methyl sites for hydroxylation is 1. The van der Waals surface area contributed by atoms with E-state index in [0.717, 1.165) is 22.7 Å². The molecule has 24 heavy (non-hydrogen) atoms. The molecule has 0 spiro atoms. The van der Waals surface area contributed by atoms with E-state index in [1.54, 1.807) is 7.11 Å². The Labute approximate surface area is 143 Å². The average Bonchev–Trinajstić information content (AvgIpc) is 2.57. The Kier molecular flexibility index (Phi) is 6.63. The van der Waals surface area contributed by atoms with E-state index in [2.05, 4.69) is 5.32 Å². The number of anilines is 1. The van der Waals surface area contributed by atoms with Gasteiger partial charge in [0, 0.05) is 12.2 Å². The summed E-state index contributed by atoms with van der Waals surface area (Å²) in [5.41, 5.74) is 1.90. The summed E-state index contributed by atoms with van der Waals surface area (Å²) in [6.07, 6.45) is 0. The van der Waals surface area contributed by atoms with Crippen LogP contribution in [0.15, 0.2) is 48.5 Å². The van der Waals surface area contributed by atoms with Crippen LogP contribution in [-0.4, -0.2) is 44.7 Å². The zero-order valence-electron chi connectivity index (χ0n) is 14.4. The molecule has 0 bridgehead atoms. The van der Waals surface area contributed by atoms with Gasteiger partial charge in [0.1, 0.15) is 18.1 Å². The Hall–Kier alpha value is -2.53. The third-order valence-corrected chi connectivity index (χ3v) is 3.63. The second-order valence-electron chi connectivity index (χ2n) is 5.62. The number of carbonyl (C=O) groups is 1. The second-order valence-corrected chi connectivity index (χ2v) is 5.62. The third-order valence-electron chi connectivity index (χ3n) is 3.63. The van der Waals surface area contributed by atoms with Crippen molar-refractivity contribution in [2.24, 2.45) is 0 Å². The molecule has 0 saturated carbocycles. The van der Waals surface area contributed by atoms with Crippen LogP contribution in [0.5, 0.6) is 11.5 Å². The highest BCUT2D eigenvalue weighted by atomic mass is 16.5. The molecule has 2 aromatic rings. The number of methoxy groups -OCH3 is 1. The zero-order valence-corrected chi connectivity index (χ0v) is 14.4. The van der Waals surface area contributed by atoms with Gasteiger partial charge in [-0.05, 0) is 49.9 Å². The fourth-order valence-corrected chi connectivity index (χ4v) is 2.22. The first-order chi connectivity index (χ1) is 11.6. The van der Waals surface area contributed by atoms with E-state index in [1.165, 1.54) is 0 Å². The van der Waals surface area contributed by atoms with Crippen LogP contribution in [-0.2, 0) is 4.79 Å². The highest BCUT2D eigenvalue weighted by molar-refractivity contribution is 5.92. The molecular formula is C19H24N2O3. The molecule has 0 radical (unpaired) electrons. The fourth-order valence-electron chi connectivity index (χ4n) is 2.22. The Morgan fingerprint density at radius 2 is 1.75 bits per heavy atom. The lowest BCUT2D eigenvalue weighted by molar-refractivity contribution is -0.117. The van der Waals surface area contributed by atoms with Gasteiger partial charge in [-0.15, -0.1) is 0 Å². The normalized spacial score (nSPS) is 10.5. The molecule has 0 heterocycles. The van der Waals surface area contributed by atoms with Crippen LogP contribution in [0.2, 0.25) is 0 Å². The number of nitrogens with zero attached hydrogens (tertiary/aromatic N) is 1. The summed E-state index contributed by atoms with van der Waals surface area (Å²) >= 11 is 0. The number of nitrogens with one attached hydrogen (secondary N) is 1. The molecule has 2 rings (SSSR count). The molecular weight excluding hydrogens is 304 g/mol. The van der Waals surface area contributed by atoms with Crippen LogP contribution >= 0.6 is 0 Å². The van der Waals surface area contributed by atoms with Crippen molar-refractivity contribution in [1.82, 2.24) is 4.90 Å². The second kappa shape index (κ2) is 8.93. The van der Waals surface area contributed by atoms with Crippen molar-refractivity contribution in [3.63, 3.8) is 0 Å². The average molecular weight is 328 g/mol. The molecule has 0 aliphatic rings. The summed E-state index contributed by atoms with van der Waals surface area (Å²) in [6, 6.07) is 15.2. The quantitative estimate of drug-likeness (QED) is 0.809. The smallest absolute Gasteiger partial charge is 0.238 e. The van der Waals surface area contributed by atoms with Crippen molar-refractivity contribution in [2.75, 3.05) is 39.2 Å². The highest BCUT2D eigenvalue weighted by Gasteiger charge is 2.08. The number of rotatable bonds is 8. The Morgan fingerprint density at radius 3 is 2.42 bits per heavy atom. The molecule has 0 unspecified atom stereocenters. The molecule has 5 nitrogen and oxygen atoms in total. The first-order valence-electron chi connectivity index (χ1n) is 7.89. The van der Waals surface area contributed by atoms with Gasteiger partial charge in [-0.3, -0.25) is 9.69 Å². The van der Waals surface area contributed by atoms with Crippen molar-refractivity contribution in [1.29, 1.82) is 0 Å². The predicted octanol–water partition coefficient (Wildman–Crippen LogP) is 2.95. The van der Waals surface area contributed by atoms with E-state index in [-0.39, 0.29) is 5.91 Å². The molecule has 0 aliphatic carbocycles. The Bertz CT molecular complexity index is 656. The lowest BCUT2D eigenvalue weighted by atomic mass is 10.2. The van der Waals surface area contributed by atoms with E-state index in [1.807, 2.05) is 67.4 Å². The van der Waals surface area contributed by atoms with E-state index < -0.39 is 0 Å². The standard InChI is InChI=1S/C19H24N2O3/c1-15-6-4-5-7-18(15)20-19(22)14-21(2)12-13-24-17-10-8-16(23-3)9-11-17/h4-11H,12-14H2,1-3H3,(H,20,22). The van der Waals surface area contributed by atoms with E-state index >= 15 is 0 Å². The van der Waals surface area contributed by atoms with Crippen LogP contribution in [0.1, 0.15) is 5.56 Å². The summed E-state index contributed by atoms with van der Waals surface area (Å²) in [6.45, 7) is 3.47. The Morgan fingerprint density at radius 1 is 1.08 bits per heavy atom. The minimum Gasteiger partial charge on any atom is -0.497 e. The van der Waals surface area contributed by atoms with Gasteiger partial charge in [-0.2, -0.15) is 0 Å². The lowest BCUT2D eigenvalue weighted by Crippen LogP contribution is -2.33.